The lowest BCUT2D eigenvalue weighted by Gasteiger charge is -2.28. The van der Waals surface area contributed by atoms with Crippen molar-refractivity contribution < 1.29 is 26.8 Å². The van der Waals surface area contributed by atoms with Gasteiger partial charge in [0.2, 0.25) is 5.91 Å². The lowest BCUT2D eigenvalue weighted by Crippen LogP contribution is -2.37. The number of sulfonamides is 1. The molecule has 1 unspecified atom stereocenters. The molecule has 2 aliphatic rings. The highest BCUT2D eigenvalue weighted by Gasteiger charge is 2.36. The molecule has 1 N–H and O–H groups in total. The van der Waals surface area contributed by atoms with Gasteiger partial charge in [0, 0.05) is 29.5 Å². The second-order valence-corrected chi connectivity index (χ2v) is 14.4. The van der Waals surface area contributed by atoms with E-state index in [4.69, 9.17) is 11.6 Å². The van der Waals surface area contributed by atoms with Crippen molar-refractivity contribution >= 4 is 33.3 Å². The number of carbonyl (C=O) groups is 2. The Morgan fingerprint density at radius 3 is 2.48 bits per heavy atom. The van der Waals surface area contributed by atoms with Crippen molar-refractivity contribution in [3.05, 3.63) is 80.5 Å². The third kappa shape index (κ3) is 5.75. The molecule has 1 saturated carbocycles. The van der Waals surface area contributed by atoms with Gasteiger partial charge in [0.05, 0.1) is 13.0 Å². The van der Waals surface area contributed by atoms with Gasteiger partial charge in [-0.3, -0.25) is 14.3 Å². The van der Waals surface area contributed by atoms with Gasteiger partial charge in [-0.15, -0.1) is 0 Å². The number of benzene rings is 2. The third-order valence-corrected chi connectivity index (χ3v) is 9.95. The fourth-order valence-corrected chi connectivity index (χ4v) is 6.77. The summed E-state index contributed by atoms with van der Waals surface area (Å²) in [5.74, 6) is -2.57. The quantitative estimate of drug-likeness (QED) is 0.305. The van der Waals surface area contributed by atoms with Crippen LogP contribution < -0.4 is 4.72 Å². The summed E-state index contributed by atoms with van der Waals surface area (Å²) in [6.45, 7) is 9.61. The van der Waals surface area contributed by atoms with Crippen LogP contribution in [-0.2, 0) is 39.0 Å². The predicted octanol–water partition coefficient (Wildman–Crippen LogP) is 6.17. The maximum Gasteiger partial charge on any atom is 0.283 e. The molecule has 2 aromatic carbocycles. The van der Waals surface area contributed by atoms with Gasteiger partial charge in [0.15, 0.2) is 5.03 Å². The first-order valence-corrected chi connectivity index (χ1v) is 15.9. The van der Waals surface area contributed by atoms with Crippen LogP contribution in [0.1, 0.15) is 98.7 Å². The number of nitrogens with one attached hydrogen (secondary N) is 1. The Balaban J connectivity index is 1.44. The molecule has 3 aromatic rings. The highest BCUT2D eigenvalue weighted by molar-refractivity contribution is 7.90. The molecule has 0 saturated heterocycles. The van der Waals surface area contributed by atoms with Crippen LogP contribution in [0.15, 0.2) is 35.4 Å². The van der Waals surface area contributed by atoms with Crippen molar-refractivity contribution in [3.8, 4) is 0 Å². The third-order valence-electron chi connectivity index (χ3n) is 8.36. The van der Waals surface area contributed by atoms with Gasteiger partial charge < -0.3 is 0 Å². The van der Waals surface area contributed by atoms with E-state index < -0.39 is 43.9 Å². The molecule has 42 heavy (non-hydrogen) atoms. The van der Waals surface area contributed by atoms with Crippen LogP contribution in [0.5, 0.6) is 0 Å². The van der Waals surface area contributed by atoms with E-state index in [9.17, 15) is 26.8 Å². The van der Waals surface area contributed by atoms with E-state index in [2.05, 4.69) is 9.82 Å². The second kappa shape index (κ2) is 10.9. The summed E-state index contributed by atoms with van der Waals surface area (Å²) in [5, 5.41) is 3.34. The molecule has 1 amide bonds. The zero-order chi connectivity index (χ0) is 30.7. The van der Waals surface area contributed by atoms with Crippen molar-refractivity contribution in [2.75, 3.05) is 0 Å². The fraction of sp³-hybridized carbons (Fsp3) is 0.452. The molecule has 0 spiro atoms. The Bertz CT molecular complexity index is 1690. The van der Waals surface area contributed by atoms with E-state index >= 15 is 0 Å². The summed E-state index contributed by atoms with van der Waals surface area (Å²) < 4.78 is 58.7. The van der Waals surface area contributed by atoms with Gasteiger partial charge in [-0.25, -0.2) is 13.5 Å². The number of Topliss-reactive ketones (excluding diaryl/α,β-unsaturated/α-hetero) is 1. The number of hydrogen-bond acceptors (Lipinski definition) is 5. The molecule has 1 atom stereocenters. The zero-order valence-corrected chi connectivity index (χ0v) is 25.8. The average Bonchev–Trinajstić information content (AvgIpc) is 3.67. The van der Waals surface area contributed by atoms with Gasteiger partial charge in [-0.05, 0) is 58.6 Å². The van der Waals surface area contributed by atoms with E-state index in [1.54, 1.807) is 13.8 Å². The predicted molar refractivity (Wildman–Crippen MR) is 155 cm³/mol. The monoisotopic (exact) mass is 617 g/mol. The number of ketones is 1. The SMILES string of the molecule is CC(C)c1cc(C(C)c2ccc(F)c(Cl)c2F)cc(C2CC2)c1CC(=O)NS(=O)(=O)c1cc2n(n1)CC(C)(C)C(=O)C2. The van der Waals surface area contributed by atoms with Crippen LogP contribution in [0, 0.1) is 17.0 Å². The van der Waals surface area contributed by atoms with Crippen molar-refractivity contribution in [1.29, 1.82) is 0 Å². The summed E-state index contributed by atoms with van der Waals surface area (Å²) >= 11 is 5.85. The molecule has 7 nitrogen and oxygen atoms in total. The number of fused-ring (bicyclic) bond motifs is 1. The largest absolute Gasteiger partial charge is 0.299 e. The summed E-state index contributed by atoms with van der Waals surface area (Å²) in [6.07, 6.45) is 1.76. The van der Waals surface area contributed by atoms with Gasteiger partial charge >= 0.3 is 0 Å². The van der Waals surface area contributed by atoms with Crippen molar-refractivity contribution in [2.45, 2.75) is 89.6 Å². The molecule has 1 fully saturated rings. The molecule has 2 heterocycles. The minimum atomic E-state index is -4.28. The Labute approximate surface area is 249 Å². The standard InChI is InChI=1S/C31H34ClF2N3O4S/c1-16(2)22-10-19(17(3)21-8-9-25(33)29(32)30(21)34)11-23(18-6-7-18)24(22)14-27(39)36-42(40,41)28-13-20-12-26(38)31(4,5)15-37(20)35-28/h8-11,13,16-18H,6-7,12,14-15H2,1-5H3,(H,36,39). The van der Waals surface area contributed by atoms with Gasteiger partial charge in [0.25, 0.3) is 10.0 Å². The van der Waals surface area contributed by atoms with Crippen LogP contribution in [0.3, 0.4) is 0 Å². The fourth-order valence-electron chi connectivity index (χ4n) is 5.63. The number of amides is 1. The Morgan fingerprint density at radius 2 is 1.83 bits per heavy atom. The van der Waals surface area contributed by atoms with Crippen LogP contribution in [0.2, 0.25) is 5.02 Å². The van der Waals surface area contributed by atoms with Crippen LogP contribution >= 0.6 is 11.6 Å². The number of rotatable bonds is 8. The topological polar surface area (TPSA) is 98.1 Å². The van der Waals surface area contributed by atoms with Gasteiger partial charge in [0.1, 0.15) is 22.4 Å². The molecule has 0 radical (unpaired) electrons. The molecule has 1 aromatic heterocycles. The summed E-state index contributed by atoms with van der Waals surface area (Å²) in [7, 11) is -4.28. The van der Waals surface area contributed by atoms with Crippen molar-refractivity contribution in [3.63, 3.8) is 0 Å². The second-order valence-electron chi connectivity index (χ2n) is 12.4. The molecule has 1 aliphatic heterocycles. The first-order chi connectivity index (χ1) is 19.6. The summed E-state index contributed by atoms with van der Waals surface area (Å²) in [4.78, 5) is 25.6. The van der Waals surface area contributed by atoms with Crippen LogP contribution in [-0.4, -0.2) is 29.9 Å². The van der Waals surface area contributed by atoms with Gasteiger partial charge in [-0.2, -0.15) is 13.5 Å². The average molecular weight is 618 g/mol. The lowest BCUT2D eigenvalue weighted by molar-refractivity contribution is -0.128. The molecule has 1 aliphatic carbocycles. The van der Waals surface area contributed by atoms with E-state index in [0.29, 0.717) is 5.69 Å². The minimum absolute atomic E-state index is 0.000247. The Morgan fingerprint density at radius 1 is 1.14 bits per heavy atom. The van der Waals surface area contributed by atoms with Crippen LogP contribution in [0.25, 0.3) is 0 Å². The first kappa shape index (κ1) is 30.4. The molecule has 0 bridgehead atoms. The van der Waals surface area contributed by atoms with Crippen molar-refractivity contribution in [2.24, 2.45) is 5.41 Å². The maximum atomic E-state index is 14.9. The molecule has 5 rings (SSSR count). The lowest BCUT2D eigenvalue weighted by atomic mass is 9.83. The minimum Gasteiger partial charge on any atom is -0.299 e. The van der Waals surface area contributed by atoms with E-state index in [1.165, 1.54) is 16.8 Å². The molecule has 224 valence electrons. The normalized spacial score (nSPS) is 17.3. The maximum absolute atomic E-state index is 14.9. The number of nitrogens with zero attached hydrogens (tertiary/aromatic N) is 2. The Hall–Kier alpha value is -3.11. The number of carbonyl (C=O) groups excluding carboxylic acids is 2. The number of aromatic nitrogens is 2. The number of halogens is 3. The molecular formula is C31H34ClF2N3O4S. The van der Waals surface area contributed by atoms with E-state index in [0.717, 1.165) is 41.2 Å². The van der Waals surface area contributed by atoms with Crippen LogP contribution in [0.4, 0.5) is 8.78 Å². The van der Waals surface area contributed by atoms with Gasteiger partial charge in [-0.1, -0.05) is 64.4 Å². The smallest absolute Gasteiger partial charge is 0.283 e. The molecule has 11 heteroatoms. The molecular weight excluding hydrogens is 584 g/mol. The summed E-state index contributed by atoms with van der Waals surface area (Å²) in [5.41, 5.74) is 3.46. The number of hydrogen-bond donors (Lipinski definition) is 1. The first-order valence-electron chi connectivity index (χ1n) is 14.0. The summed E-state index contributed by atoms with van der Waals surface area (Å²) in [6, 6.07) is 7.75. The highest BCUT2D eigenvalue weighted by atomic mass is 35.5. The highest BCUT2D eigenvalue weighted by Crippen LogP contribution is 2.45. The zero-order valence-electron chi connectivity index (χ0n) is 24.2. The van der Waals surface area contributed by atoms with Crippen molar-refractivity contribution in [1.82, 2.24) is 14.5 Å². The van der Waals surface area contributed by atoms with E-state index in [1.807, 2.05) is 32.9 Å². The Kier molecular flexibility index (Phi) is 7.85. The van der Waals surface area contributed by atoms with E-state index in [-0.39, 0.29) is 47.6 Å².